The molecular weight excluding hydrogens is 554 g/mol. The Morgan fingerprint density at radius 2 is 1.74 bits per heavy atom. The van der Waals surface area contributed by atoms with Gasteiger partial charge in [0.2, 0.25) is 0 Å². The van der Waals surface area contributed by atoms with Gasteiger partial charge in [-0.3, -0.25) is 14.7 Å². The van der Waals surface area contributed by atoms with Crippen molar-refractivity contribution >= 4 is 23.1 Å². The van der Waals surface area contributed by atoms with Gasteiger partial charge in [-0.2, -0.15) is 4.37 Å². The quantitative estimate of drug-likeness (QED) is 0.242. The van der Waals surface area contributed by atoms with Crippen LogP contribution in [0.25, 0.3) is 22.4 Å². The Bertz CT molecular complexity index is 1730. The zero-order chi connectivity index (χ0) is 29.8. The van der Waals surface area contributed by atoms with Gasteiger partial charge in [0.25, 0.3) is 5.91 Å². The van der Waals surface area contributed by atoms with Crippen LogP contribution in [0.4, 0.5) is 5.69 Å². The lowest BCUT2D eigenvalue weighted by atomic mass is 10.0. The van der Waals surface area contributed by atoms with Gasteiger partial charge in [0, 0.05) is 91.1 Å². The van der Waals surface area contributed by atoms with Crippen LogP contribution in [0.5, 0.6) is 0 Å². The van der Waals surface area contributed by atoms with Crippen LogP contribution in [0.1, 0.15) is 38.6 Å². The molecule has 0 bridgehead atoms. The van der Waals surface area contributed by atoms with Crippen molar-refractivity contribution in [2.75, 3.05) is 38.5 Å². The summed E-state index contributed by atoms with van der Waals surface area (Å²) in [5, 5.41) is 5.11. The highest BCUT2D eigenvalue weighted by Gasteiger charge is 2.15. The highest BCUT2D eigenvalue weighted by Crippen LogP contribution is 2.28. The number of carbonyl (C=O) groups is 1. The molecule has 1 fully saturated rings. The number of nitrogens with one attached hydrogen (secondary N) is 1. The van der Waals surface area contributed by atoms with E-state index in [0.717, 1.165) is 77.6 Å². The topological polar surface area (TPSA) is 87.1 Å². The van der Waals surface area contributed by atoms with Crippen molar-refractivity contribution in [2.45, 2.75) is 26.8 Å². The summed E-state index contributed by atoms with van der Waals surface area (Å²) in [5.41, 5.74) is 9.64. The zero-order valence-corrected chi connectivity index (χ0v) is 25.6. The zero-order valence-electron chi connectivity index (χ0n) is 24.7. The predicted molar refractivity (Wildman–Crippen MR) is 172 cm³/mol. The normalized spacial score (nSPS) is 14.1. The largest absolute Gasteiger partial charge is 0.322 e. The number of amides is 1. The Hall–Kier alpha value is -4.31. The monoisotopic (exact) mass is 589 g/mol. The van der Waals surface area contributed by atoms with Gasteiger partial charge in [0.05, 0.1) is 11.4 Å². The van der Waals surface area contributed by atoms with Crippen LogP contribution < -0.4 is 5.32 Å². The van der Waals surface area contributed by atoms with E-state index in [-0.39, 0.29) is 5.91 Å². The number of hydrogen-bond donors (Lipinski definition) is 1. The number of aromatic nitrogens is 4. The Morgan fingerprint density at radius 1 is 0.953 bits per heavy atom. The summed E-state index contributed by atoms with van der Waals surface area (Å²) >= 11 is 1.44. The summed E-state index contributed by atoms with van der Waals surface area (Å²) in [7, 11) is 2.16. The van der Waals surface area contributed by atoms with Crippen molar-refractivity contribution in [1.82, 2.24) is 29.1 Å². The standard InChI is InChI=1S/C34H35N7OS/c1-23-4-9-30(37-34(42)26-7-5-25(6-8-26)21-41-14-12-40(3)13-15-41)17-27(23)18-33-36-11-10-32(38-33)29-16-28(19-35-20-29)31-22-43-39-24(31)2/h4-11,16-17,19-20,22H,12-15,18,21H2,1-3H3,(H,37,42). The number of carbonyl (C=O) groups excluding carboxylic acids is 1. The Balaban J connectivity index is 1.13. The number of likely N-dealkylation sites (N-methyl/N-ethyl adjacent to an activating group) is 1. The van der Waals surface area contributed by atoms with E-state index < -0.39 is 0 Å². The second-order valence-electron chi connectivity index (χ2n) is 11.2. The number of aryl methyl sites for hydroxylation is 2. The van der Waals surface area contributed by atoms with E-state index in [9.17, 15) is 4.79 Å². The van der Waals surface area contributed by atoms with Gasteiger partial charge in [-0.15, -0.1) is 0 Å². The first-order valence-electron chi connectivity index (χ1n) is 14.5. The Labute approximate surface area is 256 Å². The SMILES string of the molecule is Cc1ccc(NC(=O)c2ccc(CN3CCN(C)CC3)cc2)cc1Cc1nccc(-c2cncc(-c3csnc3C)c2)n1. The van der Waals surface area contributed by atoms with Crippen LogP contribution in [0.3, 0.4) is 0 Å². The molecule has 218 valence electrons. The maximum Gasteiger partial charge on any atom is 0.255 e. The third kappa shape index (κ3) is 7.02. The van der Waals surface area contributed by atoms with Crippen molar-refractivity contribution in [3.05, 3.63) is 112 Å². The third-order valence-corrected chi connectivity index (χ3v) is 8.69. The third-order valence-electron chi connectivity index (χ3n) is 7.97. The lowest BCUT2D eigenvalue weighted by Crippen LogP contribution is -2.43. The van der Waals surface area contributed by atoms with Crippen LogP contribution in [0.2, 0.25) is 0 Å². The average molecular weight is 590 g/mol. The van der Waals surface area contributed by atoms with Crippen LogP contribution in [0, 0.1) is 13.8 Å². The number of benzene rings is 2. The van der Waals surface area contributed by atoms with E-state index in [1.54, 1.807) is 6.20 Å². The first kappa shape index (κ1) is 28.8. The number of rotatable bonds is 8. The van der Waals surface area contributed by atoms with Crippen LogP contribution in [-0.4, -0.2) is 68.3 Å². The van der Waals surface area contributed by atoms with Gasteiger partial charge in [-0.05, 0) is 85.5 Å². The summed E-state index contributed by atoms with van der Waals surface area (Å²) in [6, 6.07) is 17.9. The van der Waals surface area contributed by atoms with Crippen molar-refractivity contribution < 1.29 is 4.79 Å². The molecular formula is C34H35N7OS. The second-order valence-corrected chi connectivity index (χ2v) is 11.8. The van der Waals surface area contributed by atoms with Crippen molar-refractivity contribution in [3.63, 3.8) is 0 Å². The molecule has 0 saturated carbocycles. The molecule has 1 amide bonds. The molecule has 3 aromatic heterocycles. The van der Waals surface area contributed by atoms with Crippen LogP contribution in [0.15, 0.2) is 78.6 Å². The number of hydrogen-bond acceptors (Lipinski definition) is 8. The van der Waals surface area contributed by atoms with Gasteiger partial charge < -0.3 is 10.2 Å². The minimum atomic E-state index is -0.123. The first-order valence-corrected chi connectivity index (χ1v) is 15.3. The molecule has 9 heteroatoms. The molecule has 8 nitrogen and oxygen atoms in total. The van der Waals surface area contributed by atoms with Crippen LogP contribution >= 0.6 is 11.5 Å². The smallest absolute Gasteiger partial charge is 0.255 e. The summed E-state index contributed by atoms with van der Waals surface area (Å²) in [5.74, 6) is 0.585. The molecule has 0 unspecified atom stereocenters. The molecule has 0 atom stereocenters. The van der Waals surface area contributed by atoms with Gasteiger partial charge in [0.15, 0.2) is 0 Å². The number of nitrogens with zero attached hydrogens (tertiary/aromatic N) is 6. The molecule has 0 radical (unpaired) electrons. The van der Waals surface area contributed by atoms with E-state index in [0.29, 0.717) is 17.8 Å². The van der Waals surface area contributed by atoms with Gasteiger partial charge >= 0.3 is 0 Å². The molecule has 5 aromatic rings. The fourth-order valence-electron chi connectivity index (χ4n) is 5.28. The Kier molecular flexibility index (Phi) is 8.64. The summed E-state index contributed by atoms with van der Waals surface area (Å²) in [6.07, 6.45) is 6.01. The summed E-state index contributed by atoms with van der Waals surface area (Å²) in [6.45, 7) is 9.31. The van der Waals surface area contributed by atoms with E-state index in [2.05, 4.69) is 61.6 Å². The van der Waals surface area contributed by atoms with Crippen LogP contribution in [-0.2, 0) is 13.0 Å². The van der Waals surface area contributed by atoms with E-state index in [4.69, 9.17) is 4.98 Å². The summed E-state index contributed by atoms with van der Waals surface area (Å²) in [4.78, 5) is 31.8. The second kappa shape index (κ2) is 12.9. The lowest BCUT2D eigenvalue weighted by Gasteiger charge is -2.32. The molecule has 4 heterocycles. The van der Waals surface area contributed by atoms with Gasteiger partial charge in [-0.25, -0.2) is 9.97 Å². The van der Waals surface area contributed by atoms with Crippen molar-refractivity contribution in [2.24, 2.45) is 0 Å². The first-order chi connectivity index (χ1) is 20.9. The minimum absolute atomic E-state index is 0.123. The molecule has 1 saturated heterocycles. The molecule has 2 aromatic carbocycles. The van der Waals surface area contributed by atoms with Crippen molar-refractivity contribution in [1.29, 1.82) is 0 Å². The molecule has 43 heavy (non-hydrogen) atoms. The maximum absolute atomic E-state index is 13.1. The molecule has 1 N–H and O–H groups in total. The molecule has 6 rings (SSSR count). The van der Waals surface area contributed by atoms with Gasteiger partial charge in [-0.1, -0.05) is 18.2 Å². The lowest BCUT2D eigenvalue weighted by molar-refractivity contribution is 0.102. The van der Waals surface area contributed by atoms with Crippen molar-refractivity contribution in [3.8, 4) is 22.4 Å². The Morgan fingerprint density at radius 3 is 2.51 bits per heavy atom. The molecule has 1 aliphatic heterocycles. The average Bonchev–Trinajstić information content (AvgIpc) is 3.46. The van der Waals surface area contributed by atoms with Gasteiger partial charge in [0.1, 0.15) is 5.82 Å². The number of piperazine rings is 1. The molecule has 0 aliphatic carbocycles. The van der Waals surface area contributed by atoms with E-state index in [1.165, 1.54) is 17.1 Å². The fourth-order valence-corrected chi connectivity index (χ4v) is 6.00. The highest BCUT2D eigenvalue weighted by atomic mass is 32.1. The molecule has 1 aliphatic rings. The fraction of sp³-hybridized carbons (Fsp3) is 0.265. The minimum Gasteiger partial charge on any atom is -0.322 e. The van der Waals surface area contributed by atoms with E-state index in [1.807, 2.05) is 61.1 Å². The molecule has 0 spiro atoms. The highest BCUT2D eigenvalue weighted by molar-refractivity contribution is 7.04. The summed E-state index contributed by atoms with van der Waals surface area (Å²) < 4.78 is 4.39. The number of pyridine rings is 1. The van der Waals surface area contributed by atoms with E-state index >= 15 is 0 Å². The maximum atomic E-state index is 13.1. The number of anilines is 1. The predicted octanol–water partition coefficient (Wildman–Crippen LogP) is 5.87.